The highest BCUT2D eigenvalue weighted by atomic mass is 35.5. The molecule has 1 heterocycles. The van der Waals surface area contributed by atoms with Crippen molar-refractivity contribution in [3.8, 4) is 0 Å². The van der Waals surface area contributed by atoms with Crippen molar-refractivity contribution in [2.24, 2.45) is 5.41 Å². The SMILES string of the molecule is CC1(C)CN(c2ccc(Cl)cc2)CC2(CC2)CN1. The van der Waals surface area contributed by atoms with Gasteiger partial charge in [0.15, 0.2) is 0 Å². The second kappa shape index (κ2) is 4.14. The minimum atomic E-state index is 0.172. The quantitative estimate of drug-likeness (QED) is 0.837. The molecule has 1 saturated heterocycles. The van der Waals surface area contributed by atoms with Gasteiger partial charge in [0, 0.05) is 41.3 Å². The zero-order valence-electron chi connectivity index (χ0n) is 11.2. The summed E-state index contributed by atoms with van der Waals surface area (Å²) in [6.07, 6.45) is 2.72. The summed E-state index contributed by atoms with van der Waals surface area (Å²) in [5, 5.41) is 4.53. The Balaban J connectivity index is 1.86. The lowest BCUT2D eigenvalue weighted by atomic mass is 10.1. The van der Waals surface area contributed by atoms with Crippen LogP contribution in [0.15, 0.2) is 24.3 Å². The van der Waals surface area contributed by atoms with Crippen molar-refractivity contribution in [2.75, 3.05) is 24.5 Å². The third-order valence-corrected chi connectivity index (χ3v) is 4.46. The Morgan fingerprint density at radius 3 is 2.39 bits per heavy atom. The molecule has 0 amide bonds. The number of hydrogen-bond acceptors (Lipinski definition) is 2. The summed E-state index contributed by atoms with van der Waals surface area (Å²) >= 11 is 5.98. The molecular formula is C15H21ClN2. The number of benzene rings is 1. The third kappa shape index (κ3) is 2.50. The van der Waals surface area contributed by atoms with Crippen molar-refractivity contribution in [1.82, 2.24) is 5.32 Å². The average Bonchev–Trinajstić information content (AvgIpc) is 3.08. The topological polar surface area (TPSA) is 15.3 Å². The first-order valence-corrected chi connectivity index (χ1v) is 7.12. The lowest BCUT2D eigenvalue weighted by molar-refractivity contribution is 0.389. The maximum Gasteiger partial charge on any atom is 0.0407 e. The van der Waals surface area contributed by atoms with Crippen molar-refractivity contribution in [3.63, 3.8) is 0 Å². The molecule has 2 aliphatic rings. The fraction of sp³-hybridized carbons (Fsp3) is 0.600. The largest absolute Gasteiger partial charge is 0.369 e. The van der Waals surface area contributed by atoms with Gasteiger partial charge in [-0.05, 0) is 51.0 Å². The molecular weight excluding hydrogens is 244 g/mol. The third-order valence-electron chi connectivity index (χ3n) is 4.20. The van der Waals surface area contributed by atoms with E-state index in [1.165, 1.54) is 25.1 Å². The highest BCUT2D eigenvalue weighted by Crippen LogP contribution is 2.47. The highest BCUT2D eigenvalue weighted by molar-refractivity contribution is 6.30. The van der Waals surface area contributed by atoms with E-state index in [1.807, 2.05) is 12.1 Å². The number of halogens is 1. The van der Waals surface area contributed by atoms with E-state index in [9.17, 15) is 0 Å². The van der Waals surface area contributed by atoms with Gasteiger partial charge in [-0.15, -0.1) is 0 Å². The maximum atomic E-state index is 5.98. The molecule has 3 heteroatoms. The summed E-state index contributed by atoms with van der Waals surface area (Å²) < 4.78 is 0. The van der Waals surface area contributed by atoms with Gasteiger partial charge in [-0.3, -0.25) is 0 Å². The average molecular weight is 265 g/mol. The lowest BCUT2D eigenvalue weighted by Crippen LogP contribution is -2.46. The van der Waals surface area contributed by atoms with Gasteiger partial charge in [0.1, 0.15) is 0 Å². The molecule has 18 heavy (non-hydrogen) atoms. The molecule has 0 radical (unpaired) electrons. The molecule has 0 atom stereocenters. The van der Waals surface area contributed by atoms with Crippen LogP contribution < -0.4 is 10.2 Å². The van der Waals surface area contributed by atoms with E-state index in [0.29, 0.717) is 5.41 Å². The van der Waals surface area contributed by atoms with E-state index in [0.717, 1.165) is 18.1 Å². The van der Waals surface area contributed by atoms with Crippen molar-refractivity contribution in [3.05, 3.63) is 29.3 Å². The van der Waals surface area contributed by atoms with E-state index < -0.39 is 0 Å². The number of hydrogen-bond donors (Lipinski definition) is 1. The molecule has 98 valence electrons. The van der Waals surface area contributed by atoms with Gasteiger partial charge in [0.25, 0.3) is 0 Å². The first kappa shape index (κ1) is 12.3. The van der Waals surface area contributed by atoms with Crippen LogP contribution in [0, 0.1) is 5.41 Å². The Labute approximate surface area is 114 Å². The highest BCUT2D eigenvalue weighted by Gasteiger charge is 2.47. The summed E-state index contributed by atoms with van der Waals surface area (Å²) in [5.41, 5.74) is 1.99. The zero-order chi connectivity index (χ0) is 12.8. The fourth-order valence-corrected chi connectivity index (χ4v) is 2.95. The van der Waals surface area contributed by atoms with Gasteiger partial charge >= 0.3 is 0 Å². The van der Waals surface area contributed by atoms with Crippen LogP contribution >= 0.6 is 11.6 Å². The second-order valence-corrected chi connectivity index (χ2v) is 7.01. The minimum Gasteiger partial charge on any atom is -0.369 e. The number of nitrogens with one attached hydrogen (secondary N) is 1. The number of nitrogens with zero attached hydrogens (tertiary/aromatic N) is 1. The molecule has 1 N–H and O–H groups in total. The molecule has 2 fully saturated rings. The molecule has 0 unspecified atom stereocenters. The predicted octanol–water partition coefficient (Wildman–Crippen LogP) is 3.31. The van der Waals surface area contributed by atoms with Gasteiger partial charge in [-0.2, -0.15) is 0 Å². The summed E-state index contributed by atoms with van der Waals surface area (Å²) in [7, 11) is 0. The van der Waals surface area contributed by atoms with Crippen LogP contribution in [-0.4, -0.2) is 25.2 Å². The van der Waals surface area contributed by atoms with Crippen LogP contribution in [0.2, 0.25) is 5.02 Å². The minimum absolute atomic E-state index is 0.172. The molecule has 1 aromatic carbocycles. The van der Waals surface area contributed by atoms with Crippen LogP contribution in [0.4, 0.5) is 5.69 Å². The summed E-state index contributed by atoms with van der Waals surface area (Å²) in [4.78, 5) is 2.52. The predicted molar refractivity (Wildman–Crippen MR) is 77.4 cm³/mol. The van der Waals surface area contributed by atoms with Gasteiger partial charge in [-0.1, -0.05) is 11.6 Å². The molecule has 1 spiro atoms. The van der Waals surface area contributed by atoms with Crippen LogP contribution in [0.1, 0.15) is 26.7 Å². The Morgan fingerprint density at radius 1 is 1.11 bits per heavy atom. The zero-order valence-corrected chi connectivity index (χ0v) is 11.9. The van der Waals surface area contributed by atoms with Crippen molar-refractivity contribution < 1.29 is 0 Å². The maximum absolute atomic E-state index is 5.98. The molecule has 0 bridgehead atoms. The smallest absolute Gasteiger partial charge is 0.0407 e. The van der Waals surface area contributed by atoms with Crippen molar-refractivity contribution in [1.29, 1.82) is 0 Å². The summed E-state index contributed by atoms with van der Waals surface area (Å²) in [6.45, 7) is 7.96. The van der Waals surface area contributed by atoms with E-state index in [2.05, 4.69) is 36.2 Å². The summed E-state index contributed by atoms with van der Waals surface area (Å²) in [5.74, 6) is 0. The normalized spacial score (nSPS) is 24.9. The van der Waals surface area contributed by atoms with E-state index in [-0.39, 0.29) is 5.54 Å². The van der Waals surface area contributed by atoms with Gasteiger partial charge in [0.2, 0.25) is 0 Å². The van der Waals surface area contributed by atoms with Gasteiger partial charge < -0.3 is 10.2 Å². The molecule has 1 aliphatic heterocycles. The van der Waals surface area contributed by atoms with Crippen molar-refractivity contribution in [2.45, 2.75) is 32.2 Å². The number of anilines is 1. The standard InChI is InChI=1S/C15H21ClN2/c1-14(2)10-18(11-15(7-8-15)9-17-14)13-5-3-12(16)4-6-13/h3-6,17H,7-11H2,1-2H3. The van der Waals surface area contributed by atoms with E-state index in [1.54, 1.807) is 0 Å². The second-order valence-electron chi connectivity index (χ2n) is 6.57. The monoisotopic (exact) mass is 264 g/mol. The molecule has 0 aromatic heterocycles. The van der Waals surface area contributed by atoms with Gasteiger partial charge in [-0.25, -0.2) is 0 Å². The number of rotatable bonds is 1. The first-order chi connectivity index (χ1) is 8.48. The van der Waals surface area contributed by atoms with Crippen molar-refractivity contribution >= 4 is 17.3 Å². The molecule has 1 saturated carbocycles. The molecule has 3 rings (SSSR count). The lowest BCUT2D eigenvalue weighted by Gasteiger charge is -2.31. The van der Waals surface area contributed by atoms with Crippen LogP contribution in [0.5, 0.6) is 0 Å². The van der Waals surface area contributed by atoms with E-state index >= 15 is 0 Å². The van der Waals surface area contributed by atoms with Crippen LogP contribution in [-0.2, 0) is 0 Å². The first-order valence-electron chi connectivity index (χ1n) is 6.74. The summed E-state index contributed by atoms with van der Waals surface area (Å²) in [6, 6.07) is 8.25. The Kier molecular flexibility index (Phi) is 2.83. The fourth-order valence-electron chi connectivity index (χ4n) is 2.82. The van der Waals surface area contributed by atoms with E-state index in [4.69, 9.17) is 11.6 Å². The van der Waals surface area contributed by atoms with Crippen LogP contribution in [0.3, 0.4) is 0 Å². The molecule has 2 nitrogen and oxygen atoms in total. The Morgan fingerprint density at radius 2 is 1.78 bits per heavy atom. The molecule has 1 aromatic rings. The Bertz CT molecular complexity index is 426. The van der Waals surface area contributed by atoms with Gasteiger partial charge in [0.05, 0.1) is 0 Å². The van der Waals surface area contributed by atoms with Crippen LogP contribution in [0.25, 0.3) is 0 Å². The molecule has 1 aliphatic carbocycles. The Hall–Kier alpha value is -0.730.